The van der Waals surface area contributed by atoms with Crippen LogP contribution in [-0.2, 0) is 0 Å². The van der Waals surface area contributed by atoms with E-state index in [4.69, 9.17) is 9.47 Å². The summed E-state index contributed by atoms with van der Waals surface area (Å²) >= 11 is 0. The number of hydrogen-bond acceptors (Lipinski definition) is 3. The number of aliphatic hydroxyl groups is 1. The van der Waals surface area contributed by atoms with Gasteiger partial charge in [0, 0.05) is 5.92 Å². The second-order valence-electron chi connectivity index (χ2n) is 4.95. The molecule has 2 rings (SSSR count). The molecule has 0 fully saturated rings. The van der Waals surface area contributed by atoms with Crippen LogP contribution in [0.2, 0.25) is 0 Å². The number of rotatable bonds is 6. The summed E-state index contributed by atoms with van der Waals surface area (Å²) in [5.74, 6) is 1.30. The van der Waals surface area contributed by atoms with Gasteiger partial charge in [-0.1, -0.05) is 43.3 Å². The van der Waals surface area contributed by atoms with Crippen molar-refractivity contribution in [1.29, 1.82) is 0 Å². The summed E-state index contributed by atoms with van der Waals surface area (Å²) in [5, 5.41) is 10.9. The molecule has 0 heterocycles. The van der Waals surface area contributed by atoms with Crippen LogP contribution in [-0.4, -0.2) is 19.3 Å². The molecule has 0 bridgehead atoms. The second-order valence-corrected chi connectivity index (χ2v) is 4.95. The summed E-state index contributed by atoms with van der Waals surface area (Å²) < 4.78 is 10.8. The molecule has 1 N–H and O–H groups in total. The zero-order valence-electron chi connectivity index (χ0n) is 12.7. The molecule has 0 aromatic heterocycles. The van der Waals surface area contributed by atoms with Crippen LogP contribution in [0.15, 0.2) is 48.5 Å². The van der Waals surface area contributed by atoms with Crippen molar-refractivity contribution >= 4 is 0 Å². The zero-order valence-corrected chi connectivity index (χ0v) is 12.7. The van der Waals surface area contributed by atoms with Crippen LogP contribution >= 0.6 is 0 Å². The van der Waals surface area contributed by atoms with E-state index < -0.39 is 6.10 Å². The fraction of sp³-hybridized carbons (Fsp3) is 0.333. The molecular weight excluding hydrogens is 264 g/mol. The summed E-state index contributed by atoms with van der Waals surface area (Å²) in [6.07, 6.45) is 0.148. The summed E-state index contributed by atoms with van der Waals surface area (Å²) in [4.78, 5) is 0. The molecule has 21 heavy (non-hydrogen) atoms. The Labute approximate surface area is 126 Å². The predicted octanol–water partition coefficient (Wildman–Crippen LogP) is 3.93. The van der Waals surface area contributed by atoms with Crippen LogP contribution in [0.25, 0.3) is 0 Å². The smallest absolute Gasteiger partial charge is 0.128 e. The van der Waals surface area contributed by atoms with Gasteiger partial charge >= 0.3 is 0 Å². The third-order valence-corrected chi connectivity index (χ3v) is 3.81. The normalized spacial score (nSPS) is 13.5. The molecule has 2 unspecified atom stereocenters. The average Bonchev–Trinajstić information content (AvgIpc) is 2.55. The number of ether oxygens (including phenoxy) is 2. The first-order valence-electron chi connectivity index (χ1n) is 7.16. The molecule has 2 atom stereocenters. The second kappa shape index (κ2) is 7.14. The Balaban J connectivity index is 2.45. The highest BCUT2D eigenvalue weighted by Crippen LogP contribution is 2.42. The monoisotopic (exact) mass is 286 g/mol. The van der Waals surface area contributed by atoms with Gasteiger partial charge in [0.1, 0.15) is 11.5 Å². The number of hydrogen-bond donors (Lipinski definition) is 1. The maximum Gasteiger partial charge on any atom is 0.128 e. The standard InChI is InChI=1S/C18H22O3/c1-4-14(13-9-6-5-7-10-13)18(19)17-15(20-2)11-8-12-16(17)21-3/h5-12,14,18-19H,4H2,1-3H3. The SMILES string of the molecule is CCC(c1ccccc1)C(O)c1c(OC)cccc1OC. The van der Waals surface area contributed by atoms with Gasteiger partial charge in [-0.05, 0) is 24.1 Å². The Morgan fingerprint density at radius 3 is 1.95 bits per heavy atom. The lowest BCUT2D eigenvalue weighted by Crippen LogP contribution is -2.12. The van der Waals surface area contributed by atoms with Gasteiger partial charge in [-0.15, -0.1) is 0 Å². The molecule has 3 nitrogen and oxygen atoms in total. The van der Waals surface area contributed by atoms with Crippen molar-refractivity contribution in [3.63, 3.8) is 0 Å². The third kappa shape index (κ3) is 3.19. The van der Waals surface area contributed by atoms with Crippen LogP contribution in [0, 0.1) is 0 Å². The summed E-state index contributed by atoms with van der Waals surface area (Å²) in [6, 6.07) is 15.6. The first-order valence-corrected chi connectivity index (χ1v) is 7.16. The van der Waals surface area contributed by atoms with E-state index in [0.29, 0.717) is 17.1 Å². The van der Waals surface area contributed by atoms with Gasteiger partial charge in [-0.2, -0.15) is 0 Å². The van der Waals surface area contributed by atoms with Crippen molar-refractivity contribution in [3.8, 4) is 11.5 Å². The first-order chi connectivity index (χ1) is 10.2. The molecule has 0 aliphatic carbocycles. The lowest BCUT2D eigenvalue weighted by atomic mass is 9.86. The van der Waals surface area contributed by atoms with Gasteiger partial charge in [0.2, 0.25) is 0 Å². The average molecular weight is 286 g/mol. The van der Waals surface area contributed by atoms with Crippen molar-refractivity contribution in [2.45, 2.75) is 25.4 Å². The molecule has 0 amide bonds. The van der Waals surface area contributed by atoms with E-state index in [0.717, 1.165) is 12.0 Å². The minimum Gasteiger partial charge on any atom is -0.496 e. The molecular formula is C18H22O3. The van der Waals surface area contributed by atoms with E-state index in [1.807, 2.05) is 48.5 Å². The zero-order chi connectivity index (χ0) is 15.2. The molecule has 3 heteroatoms. The summed E-state index contributed by atoms with van der Waals surface area (Å²) in [5.41, 5.74) is 1.82. The minimum atomic E-state index is -0.677. The Hall–Kier alpha value is -2.00. The van der Waals surface area contributed by atoms with Crippen molar-refractivity contribution < 1.29 is 14.6 Å². The van der Waals surface area contributed by atoms with E-state index in [9.17, 15) is 5.11 Å². The van der Waals surface area contributed by atoms with Crippen LogP contribution < -0.4 is 9.47 Å². The Bertz CT molecular complexity index is 544. The fourth-order valence-electron chi connectivity index (χ4n) is 2.71. The molecule has 2 aromatic rings. The maximum atomic E-state index is 10.9. The molecule has 0 radical (unpaired) electrons. The topological polar surface area (TPSA) is 38.7 Å². The summed E-state index contributed by atoms with van der Waals surface area (Å²) in [7, 11) is 3.21. The molecule has 0 saturated carbocycles. The quantitative estimate of drug-likeness (QED) is 0.874. The highest BCUT2D eigenvalue weighted by Gasteiger charge is 2.27. The van der Waals surface area contributed by atoms with Gasteiger partial charge in [0.25, 0.3) is 0 Å². The molecule has 0 aliphatic rings. The Morgan fingerprint density at radius 2 is 1.48 bits per heavy atom. The Kier molecular flexibility index (Phi) is 5.23. The number of methoxy groups -OCH3 is 2. The maximum absolute atomic E-state index is 10.9. The highest BCUT2D eigenvalue weighted by atomic mass is 16.5. The molecule has 0 saturated heterocycles. The number of aliphatic hydroxyl groups excluding tert-OH is 1. The van der Waals surface area contributed by atoms with E-state index >= 15 is 0 Å². The van der Waals surface area contributed by atoms with Gasteiger partial charge < -0.3 is 14.6 Å². The third-order valence-electron chi connectivity index (χ3n) is 3.81. The van der Waals surface area contributed by atoms with Crippen LogP contribution in [0.4, 0.5) is 0 Å². The van der Waals surface area contributed by atoms with Gasteiger partial charge in [-0.3, -0.25) is 0 Å². The van der Waals surface area contributed by atoms with E-state index in [1.165, 1.54) is 0 Å². The molecule has 0 spiro atoms. The predicted molar refractivity (Wildman–Crippen MR) is 84.0 cm³/mol. The molecule has 112 valence electrons. The van der Waals surface area contributed by atoms with Crippen molar-refractivity contribution in [3.05, 3.63) is 59.7 Å². The highest BCUT2D eigenvalue weighted by molar-refractivity contribution is 5.47. The van der Waals surface area contributed by atoms with Gasteiger partial charge in [0.15, 0.2) is 0 Å². The van der Waals surface area contributed by atoms with Gasteiger partial charge in [0.05, 0.1) is 25.9 Å². The molecule has 2 aromatic carbocycles. The van der Waals surface area contributed by atoms with Gasteiger partial charge in [-0.25, -0.2) is 0 Å². The first kappa shape index (κ1) is 15.4. The van der Waals surface area contributed by atoms with E-state index in [1.54, 1.807) is 14.2 Å². The Morgan fingerprint density at radius 1 is 0.905 bits per heavy atom. The minimum absolute atomic E-state index is 0.00333. The van der Waals surface area contributed by atoms with Crippen molar-refractivity contribution in [2.75, 3.05) is 14.2 Å². The largest absolute Gasteiger partial charge is 0.496 e. The lowest BCUT2D eigenvalue weighted by Gasteiger charge is -2.25. The van der Waals surface area contributed by atoms with Crippen LogP contribution in [0.1, 0.15) is 36.5 Å². The van der Waals surface area contributed by atoms with Crippen LogP contribution in [0.5, 0.6) is 11.5 Å². The number of benzene rings is 2. The fourth-order valence-corrected chi connectivity index (χ4v) is 2.71. The molecule has 0 aliphatic heterocycles. The lowest BCUT2D eigenvalue weighted by molar-refractivity contribution is 0.135. The van der Waals surface area contributed by atoms with Crippen molar-refractivity contribution in [1.82, 2.24) is 0 Å². The van der Waals surface area contributed by atoms with E-state index in [-0.39, 0.29) is 5.92 Å². The van der Waals surface area contributed by atoms with Crippen molar-refractivity contribution in [2.24, 2.45) is 0 Å². The van der Waals surface area contributed by atoms with Crippen LogP contribution in [0.3, 0.4) is 0 Å². The summed E-state index contributed by atoms with van der Waals surface area (Å²) in [6.45, 7) is 2.07. The van der Waals surface area contributed by atoms with E-state index in [2.05, 4.69) is 6.92 Å².